The van der Waals surface area contributed by atoms with E-state index in [1.807, 2.05) is 62.4 Å². The Kier molecular flexibility index (Phi) is 10.7. The first-order valence-electron chi connectivity index (χ1n) is 10.5. The fraction of sp³-hybridized carbons (Fsp3) is 0.348. The molecule has 0 bridgehead atoms. The van der Waals surface area contributed by atoms with Crippen molar-refractivity contribution in [3.05, 3.63) is 54.4 Å². The molecule has 3 rings (SSSR count). The quantitative estimate of drug-likeness (QED) is 0.196. The van der Waals surface area contributed by atoms with E-state index in [-0.39, 0.29) is 30.1 Å². The van der Waals surface area contributed by atoms with Crippen LogP contribution in [-0.4, -0.2) is 54.6 Å². The zero-order valence-corrected chi connectivity index (χ0v) is 21.6. The first-order chi connectivity index (χ1) is 15.6. The smallest absolute Gasteiger partial charge is 0.191 e. The Hall–Kier alpha value is -3.02. The first-order valence-corrected chi connectivity index (χ1v) is 10.5. The lowest BCUT2D eigenvalue weighted by molar-refractivity contribution is 0.223. The number of aromatic amines is 1. The molecule has 2 aromatic carbocycles. The van der Waals surface area contributed by atoms with E-state index in [9.17, 15) is 0 Å². The number of methoxy groups -OCH3 is 2. The minimum Gasteiger partial charge on any atom is -0.497 e. The Morgan fingerprint density at radius 3 is 2.45 bits per heavy atom. The van der Waals surface area contributed by atoms with Crippen molar-refractivity contribution in [2.24, 2.45) is 4.99 Å². The highest BCUT2D eigenvalue weighted by atomic mass is 127. The number of rotatable bonds is 10. The van der Waals surface area contributed by atoms with Gasteiger partial charge in [-0.3, -0.25) is 5.10 Å². The summed E-state index contributed by atoms with van der Waals surface area (Å²) >= 11 is 0. The summed E-state index contributed by atoms with van der Waals surface area (Å²) in [6.45, 7) is 5.70. The van der Waals surface area contributed by atoms with Gasteiger partial charge in [0.05, 0.1) is 20.8 Å². The number of hydrogen-bond donors (Lipinski definition) is 3. The van der Waals surface area contributed by atoms with Gasteiger partial charge in [-0.1, -0.05) is 6.07 Å². The number of guanidine groups is 1. The van der Waals surface area contributed by atoms with Crippen LogP contribution in [0.25, 0.3) is 11.4 Å². The van der Waals surface area contributed by atoms with Gasteiger partial charge in [-0.25, -0.2) is 9.98 Å². The number of halogens is 1. The molecule has 33 heavy (non-hydrogen) atoms. The molecule has 178 valence electrons. The van der Waals surface area contributed by atoms with Crippen molar-refractivity contribution in [3.63, 3.8) is 0 Å². The summed E-state index contributed by atoms with van der Waals surface area (Å²) < 4.78 is 16.4. The molecule has 10 heteroatoms. The van der Waals surface area contributed by atoms with Crippen LogP contribution in [0.2, 0.25) is 0 Å². The molecule has 0 spiro atoms. The second-order valence-electron chi connectivity index (χ2n) is 7.02. The highest BCUT2D eigenvalue weighted by Crippen LogP contribution is 2.20. The molecule has 1 heterocycles. The van der Waals surface area contributed by atoms with E-state index >= 15 is 0 Å². The number of nitrogens with one attached hydrogen (secondary N) is 3. The molecule has 0 saturated carbocycles. The van der Waals surface area contributed by atoms with Crippen LogP contribution in [-0.2, 0) is 6.54 Å². The highest BCUT2D eigenvalue weighted by Gasteiger charge is 2.09. The van der Waals surface area contributed by atoms with Crippen molar-refractivity contribution in [2.45, 2.75) is 26.5 Å². The lowest BCUT2D eigenvalue weighted by atomic mass is 10.2. The molecule has 1 unspecified atom stereocenters. The van der Waals surface area contributed by atoms with Gasteiger partial charge >= 0.3 is 0 Å². The van der Waals surface area contributed by atoms with Crippen molar-refractivity contribution in [1.82, 2.24) is 25.8 Å². The molecule has 9 nitrogen and oxygen atoms in total. The standard InChI is InChI=1S/C23H30N6O3.HI/c1-5-24-23(25-14-16(2)32-20-8-6-7-19(13-20)31-4)26-15-21-27-22(29-28-21)17-9-11-18(30-3)12-10-17;/h6-13,16H,5,14-15H2,1-4H3,(H2,24,25,26)(H,27,28,29);1H. The van der Waals surface area contributed by atoms with Gasteiger partial charge in [0.1, 0.15) is 35.7 Å². The number of hydrogen-bond acceptors (Lipinski definition) is 6. The van der Waals surface area contributed by atoms with Gasteiger partial charge in [0.25, 0.3) is 0 Å². The molecule has 0 aliphatic heterocycles. The predicted octanol–water partition coefficient (Wildman–Crippen LogP) is 3.63. The molecule has 3 aromatic rings. The monoisotopic (exact) mass is 566 g/mol. The molecular formula is C23H31IN6O3. The summed E-state index contributed by atoms with van der Waals surface area (Å²) in [6.07, 6.45) is -0.0714. The lowest BCUT2D eigenvalue weighted by Crippen LogP contribution is -2.41. The molecule has 0 aliphatic carbocycles. The van der Waals surface area contributed by atoms with Crippen molar-refractivity contribution < 1.29 is 14.2 Å². The molecule has 0 saturated heterocycles. The van der Waals surface area contributed by atoms with Crippen LogP contribution in [0.4, 0.5) is 0 Å². The number of benzene rings is 2. The molecule has 1 aromatic heterocycles. The highest BCUT2D eigenvalue weighted by molar-refractivity contribution is 14.0. The Balaban J connectivity index is 0.00000385. The van der Waals surface area contributed by atoms with Crippen molar-refractivity contribution in [1.29, 1.82) is 0 Å². The minimum atomic E-state index is -0.0714. The maximum atomic E-state index is 5.95. The maximum absolute atomic E-state index is 5.95. The SMILES string of the molecule is CCNC(=NCc1nc(-c2ccc(OC)cc2)n[nH]1)NCC(C)Oc1cccc(OC)c1.I. The third-order valence-electron chi connectivity index (χ3n) is 4.55. The van der Waals surface area contributed by atoms with Gasteiger partial charge in [-0.15, -0.1) is 24.0 Å². The fourth-order valence-electron chi connectivity index (χ4n) is 2.92. The molecule has 0 aliphatic rings. The Morgan fingerprint density at radius 2 is 1.76 bits per heavy atom. The van der Waals surface area contributed by atoms with Crippen LogP contribution in [0.5, 0.6) is 17.2 Å². The zero-order chi connectivity index (χ0) is 22.8. The van der Waals surface area contributed by atoms with Crippen LogP contribution < -0.4 is 24.8 Å². The van der Waals surface area contributed by atoms with E-state index in [4.69, 9.17) is 14.2 Å². The minimum absolute atomic E-state index is 0. The molecule has 1 atom stereocenters. The number of ether oxygens (including phenoxy) is 3. The van der Waals surface area contributed by atoms with E-state index < -0.39 is 0 Å². The second-order valence-corrected chi connectivity index (χ2v) is 7.02. The second kappa shape index (κ2) is 13.5. The van der Waals surface area contributed by atoms with Crippen LogP contribution in [0.3, 0.4) is 0 Å². The topological polar surface area (TPSA) is 106 Å². The number of aromatic nitrogens is 3. The van der Waals surface area contributed by atoms with E-state index in [1.165, 1.54) is 0 Å². The molecule has 0 amide bonds. The van der Waals surface area contributed by atoms with Gasteiger partial charge in [-0.05, 0) is 50.2 Å². The summed E-state index contributed by atoms with van der Waals surface area (Å²) in [4.78, 5) is 9.12. The Morgan fingerprint density at radius 1 is 1.03 bits per heavy atom. The third-order valence-corrected chi connectivity index (χ3v) is 4.55. The first kappa shape index (κ1) is 26.2. The van der Waals surface area contributed by atoms with E-state index in [0.29, 0.717) is 30.7 Å². The van der Waals surface area contributed by atoms with Gasteiger partial charge in [0.2, 0.25) is 0 Å². The third kappa shape index (κ3) is 8.12. The predicted molar refractivity (Wildman–Crippen MR) is 140 cm³/mol. The van der Waals surface area contributed by atoms with Crippen molar-refractivity contribution >= 4 is 29.9 Å². The molecule has 0 radical (unpaired) electrons. The lowest BCUT2D eigenvalue weighted by Gasteiger charge is -2.18. The number of aliphatic imine (C=N–C) groups is 1. The summed E-state index contributed by atoms with van der Waals surface area (Å²) in [6, 6.07) is 15.2. The average molecular weight is 566 g/mol. The molecule has 3 N–H and O–H groups in total. The van der Waals surface area contributed by atoms with Gasteiger partial charge < -0.3 is 24.8 Å². The van der Waals surface area contributed by atoms with E-state index in [1.54, 1.807) is 14.2 Å². The van der Waals surface area contributed by atoms with E-state index in [2.05, 4.69) is 30.8 Å². The Bertz CT molecular complexity index is 1010. The van der Waals surface area contributed by atoms with Gasteiger partial charge in [0.15, 0.2) is 11.8 Å². The van der Waals surface area contributed by atoms with E-state index in [0.717, 1.165) is 29.4 Å². The van der Waals surface area contributed by atoms with Crippen LogP contribution in [0.1, 0.15) is 19.7 Å². The maximum Gasteiger partial charge on any atom is 0.191 e. The zero-order valence-electron chi connectivity index (χ0n) is 19.3. The summed E-state index contributed by atoms with van der Waals surface area (Å²) in [5.41, 5.74) is 0.908. The number of H-pyrrole nitrogens is 1. The largest absolute Gasteiger partial charge is 0.497 e. The number of nitrogens with zero attached hydrogens (tertiary/aromatic N) is 3. The van der Waals surface area contributed by atoms with Gasteiger partial charge in [0, 0.05) is 18.2 Å². The van der Waals surface area contributed by atoms with Gasteiger partial charge in [-0.2, -0.15) is 5.10 Å². The molecule has 0 fully saturated rings. The normalized spacial score (nSPS) is 11.8. The summed E-state index contributed by atoms with van der Waals surface area (Å²) in [5.74, 6) is 4.29. The van der Waals surface area contributed by atoms with Crippen LogP contribution in [0, 0.1) is 0 Å². The molecular weight excluding hydrogens is 535 g/mol. The average Bonchev–Trinajstić information content (AvgIpc) is 3.30. The van der Waals surface area contributed by atoms with Crippen LogP contribution >= 0.6 is 24.0 Å². The van der Waals surface area contributed by atoms with Crippen molar-refractivity contribution in [3.8, 4) is 28.6 Å². The summed E-state index contributed by atoms with van der Waals surface area (Å²) in [5, 5.41) is 13.8. The summed E-state index contributed by atoms with van der Waals surface area (Å²) in [7, 11) is 3.28. The van der Waals surface area contributed by atoms with Crippen LogP contribution in [0.15, 0.2) is 53.5 Å². The van der Waals surface area contributed by atoms with Crippen molar-refractivity contribution in [2.75, 3.05) is 27.3 Å². The Labute approximate surface area is 211 Å². The fourth-order valence-corrected chi connectivity index (χ4v) is 2.92.